The number of carbonyl (C=O) groups is 2. The van der Waals surface area contributed by atoms with Crippen LogP contribution in [0, 0.1) is 5.82 Å². The summed E-state index contributed by atoms with van der Waals surface area (Å²) in [5, 5.41) is 2.78. The van der Waals surface area contributed by atoms with E-state index in [9.17, 15) is 18.8 Å². The van der Waals surface area contributed by atoms with Crippen LogP contribution in [-0.2, 0) is 14.3 Å². The number of halogens is 1. The number of carbonyl (C=O) groups excluding carboxylic acids is 2. The van der Waals surface area contributed by atoms with Gasteiger partial charge in [0, 0.05) is 11.3 Å². The van der Waals surface area contributed by atoms with Crippen LogP contribution >= 0.6 is 11.3 Å². The van der Waals surface area contributed by atoms with Gasteiger partial charge in [0.15, 0.2) is 4.80 Å². The number of benzene rings is 2. The maximum absolute atomic E-state index is 13.7. The van der Waals surface area contributed by atoms with E-state index >= 15 is 0 Å². The van der Waals surface area contributed by atoms with Gasteiger partial charge in [-0.15, -0.1) is 0 Å². The number of anilines is 1. The molecule has 2 aromatic carbocycles. The summed E-state index contributed by atoms with van der Waals surface area (Å²) >= 11 is 1.08. The van der Waals surface area contributed by atoms with Crippen molar-refractivity contribution in [3.63, 3.8) is 0 Å². The molecule has 166 valence electrons. The third-order valence-electron chi connectivity index (χ3n) is 5.58. The molecule has 0 spiro atoms. The monoisotopic (exact) mass is 463 g/mol. The number of aromatic nitrogens is 1. The SMILES string of the molecule is CCOC(=O)C1=C(C)N=c2s/c(=C3\C(=O)Nc4ccccc43)c(=O)n2C1c1ccc(F)cc1. The van der Waals surface area contributed by atoms with Crippen LogP contribution in [0.2, 0.25) is 0 Å². The van der Waals surface area contributed by atoms with Crippen LogP contribution in [0.25, 0.3) is 5.57 Å². The number of ether oxygens (including phenoxy) is 1. The fourth-order valence-corrected chi connectivity index (χ4v) is 5.29. The van der Waals surface area contributed by atoms with Crippen molar-refractivity contribution in [2.45, 2.75) is 19.9 Å². The predicted octanol–water partition coefficient (Wildman–Crippen LogP) is 2.26. The highest BCUT2D eigenvalue weighted by Crippen LogP contribution is 2.32. The first-order valence-electron chi connectivity index (χ1n) is 10.3. The Bertz CT molecular complexity index is 1530. The van der Waals surface area contributed by atoms with E-state index in [2.05, 4.69) is 10.3 Å². The summed E-state index contributed by atoms with van der Waals surface area (Å²) in [4.78, 5) is 44.2. The zero-order valence-corrected chi connectivity index (χ0v) is 18.5. The van der Waals surface area contributed by atoms with Gasteiger partial charge in [0.2, 0.25) is 0 Å². The standard InChI is InChI=1S/C24H18FN3O4S/c1-3-32-23(31)17-12(2)26-24-28(19(17)13-8-10-14(25)11-9-13)22(30)20(33-24)18-15-6-4-5-7-16(15)27-21(18)29/h4-11,19H,3H2,1-2H3,(H,27,29)/b20-18-. The van der Waals surface area contributed by atoms with Gasteiger partial charge in [0.1, 0.15) is 10.3 Å². The summed E-state index contributed by atoms with van der Waals surface area (Å²) in [5.41, 5.74) is 2.20. The highest BCUT2D eigenvalue weighted by atomic mass is 32.1. The lowest BCUT2D eigenvalue weighted by Gasteiger charge is -2.24. The fourth-order valence-electron chi connectivity index (χ4n) is 4.15. The topological polar surface area (TPSA) is 89.8 Å². The number of esters is 1. The van der Waals surface area contributed by atoms with Crippen LogP contribution in [0.15, 0.2) is 69.6 Å². The third kappa shape index (κ3) is 3.32. The molecule has 2 aliphatic rings. The average Bonchev–Trinajstić information content (AvgIpc) is 3.28. The molecule has 0 saturated heterocycles. The number of hydrogen-bond acceptors (Lipinski definition) is 6. The van der Waals surface area contributed by atoms with Gasteiger partial charge in [0.25, 0.3) is 11.5 Å². The zero-order chi connectivity index (χ0) is 23.3. The van der Waals surface area contributed by atoms with Gasteiger partial charge >= 0.3 is 5.97 Å². The van der Waals surface area contributed by atoms with Crippen LogP contribution in [0.3, 0.4) is 0 Å². The van der Waals surface area contributed by atoms with Crippen molar-refractivity contribution >= 4 is 34.5 Å². The van der Waals surface area contributed by atoms with Gasteiger partial charge in [0.05, 0.1) is 29.5 Å². The maximum atomic E-state index is 13.7. The second-order valence-corrected chi connectivity index (χ2v) is 8.53. The first kappa shape index (κ1) is 21.0. The first-order valence-corrected chi connectivity index (χ1v) is 11.1. The highest BCUT2D eigenvalue weighted by molar-refractivity contribution is 7.07. The molecule has 0 aliphatic carbocycles. The molecule has 0 fully saturated rings. The fraction of sp³-hybridized carbons (Fsp3) is 0.167. The molecule has 2 aliphatic heterocycles. The second kappa shape index (κ2) is 7.93. The Hall–Kier alpha value is -3.85. The summed E-state index contributed by atoms with van der Waals surface area (Å²) in [5.74, 6) is -1.41. The number of allylic oxidation sites excluding steroid dienone is 1. The van der Waals surface area contributed by atoms with Gasteiger partial charge in [-0.3, -0.25) is 14.2 Å². The number of rotatable bonds is 3. The van der Waals surface area contributed by atoms with Crippen molar-refractivity contribution in [2.24, 2.45) is 4.99 Å². The van der Waals surface area contributed by atoms with Crippen molar-refractivity contribution in [3.8, 4) is 0 Å². The lowest BCUT2D eigenvalue weighted by molar-refractivity contribution is -0.139. The summed E-state index contributed by atoms with van der Waals surface area (Å²) in [6, 6.07) is 11.9. The van der Waals surface area contributed by atoms with Crippen molar-refractivity contribution in [1.29, 1.82) is 0 Å². The molecule has 3 heterocycles. The molecule has 9 heteroatoms. The summed E-state index contributed by atoms with van der Waals surface area (Å²) < 4.78 is 20.5. The number of nitrogens with zero attached hydrogens (tertiary/aromatic N) is 2. The molecular weight excluding hydrogens is 445 g/mol. The van der Waals surface area contributed by atoms with E-state index in [0.29, 0.717) is 27.3 Å². The minimum absolute atomic E-state index is 0.150. The minimum atomic E-state index is -0.866. The third-order valence-corrected chi connectivity index (χ3v) is 6.63. The van der Waals surface area contributed by atoms with Gasteiger partial charge < -0.3 is 10.1 Å². The number of hydrogen-bond donors (Lipinski definition) is 1. The van der Waals surface area contributed by atoms with Crippen LogP contribution in [0.1, 0.15) is 31.0 Å². The Balaban J connectivity index is 1.82. The Kier molecular flexibility index (Phi) is 5.05. The molecule has 1 amide bonds. The summed E-state index contributed by atoms with van der Waals surface area (Å²) in [6.07, 6.45) is 0. The molecule has 1 atom stereocenters. The van der Waals surface area contributed by atoms with Crippen LogP contribution < -0.4 is 20.2 Å². The molecule has 33 heavy (non-hydrogen) atoms. The Morgan fingerprint density at radius 1 is 1.18 bits per heavy atom. The number of nitrogens with one attached hydrogen (secondary N) is 1. The maximum Gasteiger partial charge on any atom is 0.338 e. The predicted molar refractivity (Wildman–Crippen MR) is 121 cm³/mol. The average molecular weight is 463 g/mol. The number of fused-ring (bicyclic) bond motifs is 2. The molecule has 7 nitrogen and oxygen atoms in total. The smallest absolute Gasteiger partial charge is 0.338 e. The minimum Gasteiger partial charge on any atom is -0.463 e. The van der Waals surface area contributed by atoms with Crippen LogP contribution in [0.5, 0.6) is 0 Å². The second-order valence-electron chi connectivity index (χ2n) is 7.55. The number of thiazole rings is 1. The van der Waals surface area contributed by atoms with E-state index in [4.69, 9.17) is 4.74 Å². The molecular formula is C24H18FN3O4S. The zero-order valence-electron chi connectivity index (χ0n) is 17.7. The summed E-state index contributed by atoms with van der Waals surface area (Å²) in [6.45, 7) is 3.51. The molecule has 3 aromatic rings. The highest BCUT2D eigenvalue weighted by Gasteiger charge is 2.35. The Morgan fingerprint density at radius 2 is 1.91 bits per heavy atom. The van der Waals surface area contributed by atoms with Crippen molar-refractivity contribution in [1.82, 2.24) is 4.57 Å². The Morgan fingerprint density at radius 3 is 2.64 bits per heavy atom. The van der Waals surface area contributed by atoms with Gasteiger partial charge in [-0.25, -0.2) is 14.2 Å². The number of amides is 1. The molecule has 1 aromatic heterocycles. The van der Waals surface area contributed by atoms with E-state index in [0.717, 1.165) is 11.3 Å². The summed E-state index contributed by atoms with van der Waals surface area (Å²) in [7, 11) is 0. The van der Waals surface area contributed by atoms with Crippen LogP contribution in [-0.4, -0.2) is 23.1 Å². The van der Waals surface area contributed by atoms with Gasteiger partial charge in [-0.05, 0) is 37.6 Å². The lowest BCUT2D eigenvalue weighted by atomic mass is 9.96. The molecule has 1 N–H and O–H groups in total. The normalized spacial score (nSPS) is 18.4. The van der Waals surface area contributed by atoms with E-state index in [1.54, 1.807) is 38.1 Å². The van der Waals surface area contributed by atoms with Crippen molar-refractivity contribution in [3.05, 3.63) is 96.4 Å². The number of para-hydroxylation sites is 1. The van der Waals surface area contributed by atoms with Gasteiger partial charge in [-0.2, -0.15) is 0 Å². The molecule has 0 radical (unpaired) electrons. The van der Waals surface area contributed by atoms with Gasteiger partial charge in [-0.1, -0.05) is 41.7 Å². The van der Waals surface area contributed by atoms with Crippen molar-refractivity contribution < 1.29 is 18.7 Å². The van der Waals surface area contributed by atoms with E-state index in [1.165, 1.54) is 28.8 Å². The molecule has 1 unspecified atom stereocenters. The molecule has 0 saturated carbocycles. The quantitative estimate of drug-likeness (QED) is 0.604. The largest absolute Gasteiger partial charge is 0.463 e. The first-order chi connectivity index (χ1) is 15.9. The van der Waals surface area contributed by atoms with E-state index < -0.39 is 23.4 Å². The lowest BCUT2D eigenvalue weighted by Crippen LogP contribution is -2.40. The molecule has 0 bridgehead atoms. The van der Waals surface area contributed by atoms with Crippen molar-refractivity contribution in [2.75, 3.05) is 11.9 Å². The van der Waals surface area contributed by atoms with E-state index in [-0.39, 0.29) is 28.2 Å². The Labute approximate surface area is 191 Å². The molecule has 5 rings (SSSR count). The van der Waals surface area contributed by atoms with Crippen LogP contribution in [0.4, 0.5) is 10.1 Å². The van der Waals surface area contributed by atoms with E-state index in [1.807, 2.05) is 0 Å².